The second-order valence-electron chi connectivity index (χ2n) is 5.17. The van der Waals surface area contributed by atoms with Crippen molar-refractivity contribution in [2.24, 2.45) is 11.3 Å². The van der Waals surface area contributed by atoms with Gasteiger partial charge in [-0.05, 0) is 41.4 Å². The summed E-state index contributed by atoms with van der Waals surface area (Å²) in [5.41, 5.74) is 2.25. The predicted molar refractivity (Wildman–Crippen MR) is 59.9 cm³/mol. The third-order valence-corrected chi connectivity index (χ3v) is 3.68. The van der Waals surface area contributed by atoms with Gasteiger partial charge < -0.3 is 10.2 Å². The SMILES string of the molecule is CC(C)(CO)C1Cc2cccc(O)c2C1. The second kappa shape index (κ2) is 3.53. The van der Waals surface area contributed by atoms with Crippen molar-refractivity contribution in [1.29, 1.82) is 0 Å². The van der Waals surface area contributed by atoms with E-state index in [0.29, 0.717) is 11.7 Å². The summed E-state index contributed by atoms with van der Waals surface area (Å²) < 4.78 is 0. The molecule has 1 aliphatic rings. The van der Waals surface area contributed by atoms with Crippen molar-refractivity contribution >= 4 is 0 Å². The van der Waals surface area contributed by atoms with Gasteiger partial charge in [0.05, 0.1) is 0 Å². The van der Waals surface area contributed by atoms with Crippen LogP contribution in [0.4, 0.5) is 0 Å². The maximum Gasteiger partial charge on any atom is 0.119 e. The number of benzene rings is 1. The van der Waals surface area contributed by atoms with Crippen LogP contribution in [-0.4, -0.2) is 16.8 Å². The molecular weight excluding hydrogens is 188 g/mol. The zero-order valence-corrected chi connectivity index (χ0v) is 9.33. The molecule has 0 amide bonds. The van der Waals surface area contributed by atoms with E-state index in [1.54, 1.807) is 6.07 Å². The molecule has 2 N–H and O–H groups in total. The molecule has 0 heterocycles. The summed E-state index contributed by atoms with van der Waals surface area (Å²) >= 11 is 0. The van der Waals surface area contributed by atoms with Crippen molar-refractivity contribution in [3.8, 4) is 5.75 Å². The molecule has 2 heteroatoms. The van der Waals surface area contributed by atoms with Gasteiger partial charge in [0, 0.05) is 6.61 Å². The summed E-state index contributed by atoms with van der Waals surface area (Å²) in [6.07, 6.45) is 1.85. The number of aromatic hydroxyl groups is 1. The first-order chi connectivity index (χ1) is 7.04. The average molecular weight is 206 g/mol. The molecule has 1 aromatic carbocycles. The normalized spacial score (nSPS) is 20.3. The van der Waals surface area contributed by atoms with Gasteiger partial charge in [-0.15, -0.1) is 0 Å². The molecule has 0 aromatic heterocycles. The van der Waals surface area contributed by atoms with Gasteiger partial charge in [0.25, 0.3) is 0 Å². The molecular formula is C13H18O2. The van der Waals surface area contributed by atoms with Crippen LogP contribution in [0.25, 0.3) is 0 Å². The van der Waals surface area contributed by atoms with Crippen LogP contribution >= 0.6 is 0 Å². The maximum atomic E-state index is 9.73. The monoisotopic (exact) mass is 206 g/mol. The molecule has 0 bridgehead atoms. The minimum Gasteiger partial charge on any atom is -0.508 e. The Morgan fingerprint density at radius 3 is 2.67 bits per heavy atom. The summed E-state index contributed by atoms with van der Waals surface area (Å²) in [6, 6.07) is 5.71. The van der Waals surface area contributed by atoms with E-state index < -0.39 is 0 Å². The zero-order valence-electron chi connectivity index (χ0n) is 9.33. The fourth-order valence-corrected chi connectivity index (χ4v) is 2.31. The number of phenolic OH excluding ortho intramolecular Hbond substituents is 1. The lowest BCUT2D eigenvalue weighted by atomic mass is 9.78. The molecule has 0 saturated heterocycles. The van der Waals surface area contributed by atoms with Crippen LogP contribution in [0, 0.1) is 11.3 Å². The highest BCUT2D eigenvalue weighted by Crippen LogP contribution is 2.41. The van der Waals surface area contributed by atoms with E-state index in [4.69, 9.17) is 0 Å². The van der Waals surface area contributed by atoms with Crippen LogP contribution in [0.2, 0.25) is 0 Å². The molecule has 1 atom stereocenters. The van der Waals surface area contributed by atoms with Crippen LogP contribution in [0.1, 0.15) is 25.0 Å². The molecule has 1 aromatic rings. The Balaban J connectivity index is 2.26. The van der Waals surface area contributed by atoms with Crippen LogP contribution in [0.5, 0.6) is 5.75 Å². The van der Waals surface area contributed by atoms with E-state index in [1.165, 1.54) is 5.56 Å². The average Bonchev–Trinajstić information content (AvgIpc) is 2.64. The quantitative estimate of drug-likeness (QED) is 0.778. The minimum atomic E-state index is -0.0640. The van der Waals surface area contributed by atoms with Gasteiger partial charge in [-0.2, -0.15) is 0 Å². The molecule has 0 radical (unpaired) electrons. The first-order valence-electron chi connectivity index (χ1n) is 5.45. The van der Waals surface area contributed by atoms with E-state index in [1.807, 2.05) is 6.07 Å². The van der Waals surface area contributed by atoms with Gasteiger partial charge in [-0.25, -0.2) is 0 Å². The van der Waals surface area contributed by atoms with E-state index in [-0.39, 0.29) is 12.0 Å². The van der Waals surface area contributed by atoms with E-state index in [9.17, 15) is 10.2 Å². The van der Waals surface area contributed by atoms with E-state index in [0.717, 1.165) is 18.4 Å². The van der Waals surface area contributed by atoms with Gasteiger partial charge in [0.2, 0.25) is 0 Å². The third kappa shape index (κ3) is 1.74. The molecule has 0 fully saturated rings. The summed E-state index contributed by atoms with van der Waals surface area (Å²) in [7, 11) is 0. The predicted octanol–water partition coefficient (Wildman–Crippen LogP) is 2.13. The van der Waals surface area contributed by atoms with Crippen LogP contribution < -0.4 is 0 Å². The second-order valence-corrected chi connectivity index (χ2v) is 5.17. The third-order valence-electron chi connectivity index (χ3n) is 3.68. The van der Waals surface area contributed by atoms with Gasteiger partial charge in [0.15, 0.2) is 0 Å². The van der Waals surface area contributed by atoms with Crippen LogP contribution in [-0.2, 0) is 12.8 Å². The summed E-state index contributed by atoms with van der Waals surface area (Å²) in [6.45, 7) is 4.37. The summed E-state index contributed by atoms with van der Waals surface area (Å²) in [4.78, 5) is 0. The Kier molecular flexibility index (Phi) is 2.47. The minimum absolute atomic E-state index is 0.0640. The lowest BCUT2D eigenvalue weighted by molar-refractivity contribution is 0.100. The number of hydrogen-bond donors (Lipinski definition) is 2. The molecule has 0 spiro atoms. The highest BCUT2D eigenvalue weighted by atomic mass is 16.3. The topological polar surface area (TPSA) is 40.5 Å². The summed E-state index contributed by atoms with van der Waals surface area (Å²) in [5.74, 6) is 0.842. The van der Waals surface area contributed by atoms with Crippen molar-refractivity contribution in [1.82, 2.24) is 0 Å². The van der Waals surface area contributed by atoms with Crippen molar-refractivity contribution in [2.75, 3.05) is 6.61 Å². The molecule has 1 unspecified atom stereocenters. The Hall–Kier alpha value is -1.02. The zero-order chi connectivity index (χ0) is 11.1. The van der Waals surface area contributed by atoms with Crippen molar-refractivity contribution < 1.29 is 10.2 Å². The highest BCUT2D eigenvalue weighted by Gasteiger charge is 2.34. The number of aliphatic hydroxyl groups excluding tert-OH is 1. The van der Waals surface area contributed by atoms with E-state index in [2.05, 4.69) is 19.9 Å². The van der Waals surface area contributed by atoms with Crippen LogP contribution in [0.3, 0.4) is 0 Å². The van der Waals surface area contributed by atoms with Gasteiger partial charge in [0.1, 0.15) is 5.75 Å². The Bertz CT molecular complexity index is 369. The van der Waals surface area contributed by atoms with Gasteiger partial charge >= 0.3 is 0 Å². The molecule has 82 valence electrons. The highest BCUT2D eigenvalue weighted by molar-refractivity contribution is 5.43. The molecule has 2 rings (SSSR count). The van der Waals surface area contributed by atoms with Crippen molar-refractivity contribution in [2.45, 2.75) is 26.7 Å². The lowest BCUT2D eigenvalue weighted by Gasteiger charge is -2.29. The fraction of sp³-hybridized carbons (Fsp3) is 0.538. The lowest BCUT2D eigenvalue weighted by Crippen LogP contribution is -2.28. The summed E-state index contributed by atoms with van der Waals surface area (Å²) in [5, 5.41) is 19.1. The Morgan fingerprint density at radius 1 is 1.33 bits per heavy atom. The number of phenols is 1. The number of fused-ring (bicyclic) bond motifs is 1. The number of rotatable bonds is 2. The van der Waals surface area contributed by atoms with Gasteiger partial charge in [-0.3, -0.25) is 0 Å². The molecule has 0 aliphatic heterocycles. The van der Waals surface area contributed by atoms with Crippen LogP contribution in [0.15, 0.2) is 18.2 Å². The molecule has 1 aliphatic carbocycles. The largest absolute Gasteiger partial charge is 0.508 e. The van der Waals surface area contributed by atoms with E-state index >= 15 is 0 Å². The number of aliphatic hydroxyl groups is 1. The standard InChI is InChI=1S/C13H18O2/c1-13(2,8-14)10-6-9-4-3-5-12(15)11(9)7-10/h3-5,10,14-15H,6-8H2,1-2H3. The fourth-order valence-electron chi connectivity index (χ4n) is 2.31. The molecule has 0 saturated carbocycles. The molecule has 15 heavy (non-hydrogen) atoms. The first kappa shape index (κ1) is 10.5. The molecule has 2 nitrogen and oxygen atoms in total. The van der Waals surface area contributed by atoms with Crippen molar-refractivity contribution in [3.05, 3.63) is 29.3 Å². The number of hydrogen-bond acceptors (Lipinski definition) is 2. The smallest absolute Gasteiger partial charge is 0.119 e. The maximum absolute atomic E-state index is 9.73. The Morgan fingerprint density at radius 2 is 2.07 bits per heavy atom. The van der Waals surface area contributed by atoms with Gasteiger partial charge in [-0.1, -0.05) is 26.0 Å². The first-order valence-corrected chi connectivity index (χ1v) is 5.45. The van der Waals surface area contributed by atoms with Crippen molar-refractivity contribution in [3.63, 3.8) is 0 Å². The Labute approximate surface area is 90.6 Å².